The lowest BCUT2D eigenvalue weighted by molar-refractivity contribution is -0.883. The molecule has 0 unspecified atom stereocenters. The number of rotatable bonds is 10. The molecule has 4 nitrogen and oxygen atoms in total. The predicted molar refractivity (Wildman–Crippen MR) is 114 cm³/mol. The summed E-state index contributed by atoms with van der Waals surface area (Å²) in [7, 11) is 4.26. The van der Waals surface area contributed by atoms with E-state index < -0.39 is 0 Å². The Morgan fingerprint density at radius 2 is 1.67 bits per heavy atom. The van der Waals surface area contributed by atoms with Crippen molar-refractivity contribution >= 4 is 5.91 Å². The van der Waals surface area contributed by atoms with Crippen molar-refractivity contribution in [2.24, 2.45) is 0 Å². The van der Waals surface area contributed by atoms with Crippen LogP contribution in [0.5, 0.6) is 5.75 Å². The number of likely N-dealkylation sites (N-methyl/N-ethyl adjacent to an activating group) is 1. The van der Waals surface area contributed by atoms with Gasteiger partial charge in [0.25, 0.3) is 5.91 Å². The zero-order valence-corrected chi connectivity index (χ0v) is 19.0. The van der Waals surface area contributed by atoms with E-state index in [0.29, 0.717) is 23.6 Å². The van der Waals surface area contributed by atoms with E-state index in [9.17, 15) is 4.79 Å². The smallest absolute Gasteiger partial charge is 0.278 e. The fourth-order valence-electron chi connectivity index (χ4n) is 3.62. The first kappa shape index (κ1) is 23.5. The molecular weight excluding hydrogens is 336 g/mol. The molecule has 1 amide bonds. The average molecular weight is 378 g/mol. The summed E-state index contributed by atoms with van der Waals surface area (Å²) in [5.41, 5.74) is 2.48. The van der Waals surface area contributed by atoms with Crippen LogP contribution in [0, 0.1) is 6.92 Å². The van der Waals surface area contributed by atoms with Gasteiger partial charge in [0.15, 0.2) is 6.54 Å². The van der Waals surface area contributed by atoms with E-state index in [1.807, 2.05) is 4.90 Å². The van der Waals surface area contributed by atoms with Crippen LogP contribution in [0.4, 0.5) is 0 Å². The maximum atomic E-state index is 12.7. The minimum absolute atomic E-state index is 0.228. The van der Waals surface area contributed by atoms with Crippen LogP contribution in [-0.4, -0.2) is 61.2 Å². The van der Waals surface area contributed by atoms with Crippen molar-refractivity contribution in [3.63, 3.8) is 0 Å². The fraction of sp³-hybridized carbons (Fsp3) is 0.696. The van der Waals surface area contributed by atoms with Crippen molar-refractivity contribution in [3.05, 3.63) is 29.3 Å². The van der Waals surface area contributed by atoms with Gasteiger partial charge < -0.3 is 14.1 Å². The summed E-state index contributed by atoms with van der Waals surface area (Å²) in [5, 5.41) is 0. The van der Waals surface area contributed by atoms with Crippen molar-refractivity contribution in [1.29, 1.82) is 0 Å². The Labute approximate surface area is 167 Å². The minimum atomic E-state index is 0.228. The molecule has 1 aromatic carbocycles. The fourth-order valence-corrected chi connectivity index (χ4v) is 3.62. The summed E-state index contributed by atoms with van der Waals surface area (Å²) < 4.78 is 6.78. The molecule has 0 radical (unpaired) electrons. The van der Waals surface area contributed by atoms with E-state index in [1.54, 1.807) is 0 Å². The van der Waals surface area contributed by atoms with Crippen LogP contribution in [0.2, 0.25) is 0 Å². The standard InChI is InChI=1S/C23H41N2O2/c1-17(2)21-12-11-20(7)15-22(21)27-14-10-13-25(8,9)16-23(26)24(18(3)4)19(5)6/h11-12,15,17-19H,10,13-14,16H2,1-9H3/q+1. The van der Waals surface area contributed by atoms with Gasteiger partial charge in [-0.1, -0.05) is 26.0 Å². The van der Waals surface area contributed by atoms with Crippen LogP contribution in [0.1, 0.15) is 65.0 Å². The van der Waals surface area contributed by atoms with Crippen LogP contribution < -0.4 is 4.74 Å². The summed E-state index contributed by atoms with van der Waals surface area (Å²) in [5.74, 6) is 1.67. The zero-order chi connectivity index (χ0) is 20.8. The Bertz CT molecular complexity index is 598. The number of hydrogen-bond donors (Lipinski definition) is 0. The van der Waals surface area contributed by atoms with Crippen molar-refractivity contribution in [2.45, 2.75) is 72.9 Å². The van der Waals surface area contributed by atoms with Gasteiger partial charge in [0, 0.05) is 18.5 Å². The third-order valence-electron chi connectivity index (χ3n) is 4.92. The maximum absolute atomic E-state index is 12.7. The molecule has 4 heteroatoms. The number of hydrogen-bond acceptors (Lipinski definition) is 2. The van der Waals surface area contributed by atoms with Gasteiger partial charge in [0.1, 0.15) is 5.75 Å². The Balaban J connectivity index is 2.58. The number of carbonyl (C=O) groups excluding carboxylic acids is 1. The van der Waals surface area contributed by atoms with Crippen LogP contribution in [0.25, 0.3) is 0 Å². The second-order valence-corrected chi connectivity index (χ2v) is 9.20. The number of quaternary nitrogens is 1. The monoisotopic (exact) mass is 377 g/mol. The molecule has 0 spiro atoms. The van der Waals surface area contributed by atoms with Gasteiger partial charge in [-0.05, 0) is 57.7 Å². The van der Waals surface area contributed by atoms with Crippen molar-refractivity contribution in [3.8, 4) is 5.75 Å². The summed E-state index contributed by atoms with van der Waals surface area (Å²) >= 11 is 0. The molecule has 1 aromatic rings. The van der Waals surface area contributed by atoms with E-state index in [-0.39, 0.29) is 18.0 Å². The summed E-state index contributed by atoms with van der Waals surface area (Å²) in [6.45, 7) is 16.9. The van der Waals surface area contributed by atoms with Crippen LogP contribution in [0.15, 0.2) is 18.2 Å². The normalized spacial score (nSPS) is 12.1. The summed E-state index contributed by atoms with van der Waals surface area (Å²) in [6, 6.07) is 6.90. The number of benzene rings is 1. The van der Waals surface area contributed by atoms with Gasteiger partial charge in [0.2, 0.25) is 0 Å². The third-order valence-corrected chi connectivity index (χ3v) is 4.92. The Hall–Kier alpha value is -1.55. The molecule has 0 aliphatic rings. The highest BCUT2D eigenvalue weighted by Crippen LogP contribution is 2.27. The number of ether oxygens (including phenoxy) is 1. The predicted octanol–water partition coefficient (Wildman–Crippen LogP) is 4.61. The number of aryl methyl sites for hydroxylation is 1. The molecule has 0 heterocycles. The van der Waals surface area contributed by atoms with Crippen molar-refractivity contribution in [2.75, 3.05) is 33.8 Å². The molecule has 27 heavy (non-hydrogen) atoms. The SMILES string of the molecule is Cc1ccc(C(C)C)c(OCCC[N+](C)(C)CC(=O)N(C(C)C)C(C)C)c1. The van der Waals surface area contributed by atoms with Crippen LogP contribution in [-0.2, 0) is 4.79 Å². The van der Waals surface area contributed by atoms with E-state index in [2.05, 4.69) is 80.8 Å². The minimum Gasteiger partial charge on any atom is -0.493 e. The summed E-state index contributed by atoms with van der Waals surface area (Å²) in [6.07, 6.45) is 0.926. The van der Waals surface area contributed by atoms with Gasteiger partial charge in [0.05, 0.1) is 27.2 Å². The molecule has 0 bridgehead atoms. The zero-order valence-electron chi connectivity index (χ0n) is 19.0. The third kappa shape index (κ3) is 7.53. The summed E-state index contributed by atoms with van der Waals surface area (Å²) in [4.78, 5) is 14.7. The lowest BCUT2D eigenvalue weighted by Crippen LogP contribution is -2.52. The average Bonchev–Trinajstić information content (AvgIpc) is 2.49. The first-order valence-corrected chi connectivity index (χ1v) is 10.3. The molecule has 154 valence electrons. The molecule has 0 atom stereocenters. The van der Waals surface area contributed by atoms with E-state index in [0.717, 1.165) is 18.7 Å². The molecule has 0 aliphatic carbocycles. The topological polar surface area (TPSA) is 29.5 Å². The Morgan fingerprint density at radius 3 is 2.19 bits per heavy atom. The number of nitrogens with zero attached hydrogens (tertiary/aromatic N) is 2. The molecular formula is C23H41N2O2+. The highest BCUT2D eigenvalue weighted by atomic mass is 16.5. The molecule has 0 aliphatic heterocycles. The Morgan fingerprint density at radius 1 is 1.07 bits per heavy atom. The van der Waals surface area contributed by atoms with E-state index in [1.165, 1.54) is 11.1 Å². The molecule has 1 rings (SSSR count). The van der Waals surface area contributed by atoms with Crippen molar-refractivity contribution < 1.29 is 14.0 Å². The highest BCUT2D eigenvalue weighted by molar-refractivity contribution is 5.77. The lowest BCUT2D eigenvalue weighted by Gasteiger charge is -2.35. The first-order chi connectivity index (χ1) is 12.4. The quantitative estimate of drug-likeness (QED) is 0.440. The molecule has 0 aromatic heterocycles. The lowest BCUT2D eigenvalue weighted by atomic mass is 10.0. The highest BCUT2D eigenvalue weighted by Gasteiger charge is 2.27. The van der Waals surface area contributed by atoms with Crippen LogP contribution >= 0.6 is 0 Å². The van der Waals surface area contributed by atoms with Crippen LogP contribution in [0.3, 0.4) is 0 Å². The van der Waals surface area contributed by atoms with Gasteiger partial charge in [-0.2, -0.15) is 0 Å². The second kappa shape index (κ2) is 10.1. The first-order valence-electron chi connectivity index (χ1n) is 10.3. The van der Waals surface area contributed by atoms with Gasteiger partial charge >= 0.3 is 0 Å². The second-order valence-electron chi connectivity index (χ2n) is 9.20. The molecule has 0 N–H and O–H groups in total. The van der Waals surface area contributed by atoms with Gasteiger partial charge in [-0.25, -0.2) is 0 Å². The van der Waals surface area contributed by atoms with E-state index in [4.69, 9.17) is 4.74 Å². The Kier molecular flexibility index (Phi) is 8.80. The van der Waals surface area contributed by atoms with Gasteiger partial charge in [-0.15, -0.1) is 0 Å². The largest absolute Gasteiger partial charge is 0.493 e. The molecule has 0 saturated carbocycles. The molecule has 0 saturated heterocycles. The molecule has 0 fully saturated rings. The number of amides is 1. The van der Waals surface area contributed by atoms with E-state index >= 15 is 0 Å². The van der Waals surface area contributed by atoms with Gasteiger partial charge in [-0.3, -0.25) is 4.79 Å². The number of carbonyl (C=O) groups is 1. The maximum Gasteiger partial charge on any atom is 0.278 e. The van der Waals surface area contributed by atoms with Crippen molar-refractivity contribution in [1.82, 2.24) is 4.90 Å².